The molecule has 0 amide bonds. The van der Waals surface area contributed by atoms with E-state index in [1.54, 1.807) is 0 Å². The average molecular weight is 103 g/mol. The highest BCUT2D eigenvalue weighted by atomic mass is 32.2. The molecule has 0 radical (unpaired) electrons. The molecule has 3 N–H and O–H groups in total. The van der Waals surface area contributed by atoms with Gasteiger partial charge < -0.3 is 5.73 Å². The van der Waals surface area contributed by atoms with Gasteiger partial charge in [0, 0.05) is 0 Å². The van der Waals surface area contributed by atoms with Gasteiger partial charge in [-0.15, -0.1) is 0 Å². The first-order valence-corrected chi connectivity index (χ1v) is 2.57. The van der Waals surface area contributed by atoms with Crippen LogP contribution in [0.5, 0.6) is 0 Å². The van der Waals surface area contributed by atoms with Crippen LogP contribution in [-0.4, -0.2) is 11.0 Å². The molecular weight excluding hydrogens is 98.1 g/mol. The van der Waals surface area contributed by atoms with Gasteiger partial charge in [-0.05, 0) is 0 Å². The third-order valence-corrected chi connectivity index (χ3v) is 1.13. The lowest BCUT2D eigenvalue weighted by Crippen LogP contribution is -2.01. The normalized spacial score (nSPS) is 19.7. The molecule has 4 heteroatoms. The third-order valence-electron chi connectivity index (χ3n) is 0.474. The van der Waals surface area contributed by atoms with Crippen molar-refractivity contribution in [3.8, 4) is 0 Å². The van der Waals surface area contributed by atoms with E-state index in [2.05, 4.69) is 10.5 Å². The van der Waals surface area contributed by atoms with Crippen molar-refractivity contribution < 1.29 is 0 Å². The van der Waals surface area contributed by atoms with Gasteiger partial charge in [0.15, 0.2) is 5.17 Å². The highest BCUT2D eigenvalue weighted by molar-refractivity contribution is 8.14. The summed E-state index contributed by atoms with van der Waals surface area (Å²) in [5.74, 6) is 0.825. The first kappa shape index (κ1) is 3.80. The second-order valence-electron chi connectivity index (χ2n) is 0.897. The minimum absolute atomic E-state index is 0.634. The van der Waals surface area contributed by atoms with Gasteiger partial charge in [0.05, 0.1) is 5.88 Å². The quantitative estimate of drug-likeness (QED) is 0.435. The maximum atomic E-state index is 5.19. The number of thioether (sulfide) groups is 1. The van der Waals surface area contributed by atoms with E-state index in [-0.39, 0.29) is 0 Å². The highest BCUT2D eigenvalue weighted by Gasteiger charge is 1.96. The van der Waals surface area contributed by atoms with Gasteiger partial charge in [-0.25, -0.2) is 0 Å². The molecule has 0 fully saturated rings. The van der Waals surface area contributed by atoms with Gasteiger partial charge in [0.25, 0.3) is 0 Å². The van der Waals surface area contributed by atoms with Crippen molar-refractivity contribution in [2.45, 2.75) is 0 Å². The fourth-order valence-corrected chi connectivity index (χ4v) is 0.655. The molecule has 0 aromatic rings. The molecule has 1 heterocycles. The number of amidine groups is 1. The van der Waals surface area contributed by atoms with Crippen LogP contribution < -0.4 is 11.2 Å². The Morgan fingerprint density at radius 3 is 3.00 bits per heavy atom. The largest absolute Gasteiger partial charge is 0.377 e. The molecule has 0 spiro atoms. The molecule has 1 rings (SSSR count). The number of nitrogens with one attached hydrogen (secondary N) is 1. The lowest BCUT2D eigenvalue weighted by Gasteiger charge is -1.76. The molecule has 6 heavy (non-hydrogen) atoms. The van der Waals surface area contributed by atoms with Crippen molar-refractivity contribution in [1.29, 1.82) is 0 Å². The van der Waals surface area contributed by atoms with E-state index in [1.165, 1.54) is 11.8 Å². The molecule has 0 aromatic heterocycles. The van der Waals surface area contributed by atoms with Gasteiger partial charge in [0.2, 0.25) is 0 Å². The summed E-state index contributed by atoms with van der Waals surface area (Å²) in [6, 6.07) is 0. The summed E-state index contributed by atoms with van der Waals surface area (Å²) in [5.41, 5.74) is 7.88. The molecule has 0 bridgehead atoms. The lowest BCUT2D eigenvalue weighted by atomic mass is 11.3. The Balaban J connectivity index is 2.45. The Bertz CT molecular complexity index is 78.9. The smallest absolute Gasteiger partial charge is 0.179 e. The second-order valence-corrected chi connectivity index (χ2v) is 1.89. The van der Waals surface area contributed by atoms with Gasteiger partial charge in [-0.1, -0.05) is 11.8 Å². The van der Waals surface area contributed by atoms with Crippen molar-refractivity contribution in [1.82, 2.24) is 5.43 Å². The molecule has 0 aliphatic carbocycles. The van der Waals surface area contributed by atoms with Crippen molar-refractivity contribution in [2.75, 3.05) is 5.88 Å². The molecule has 0 atom stereocenters. The second kappa shape index (κ2) is 1.38. The highest BCUT2D eigenvalue weighted by Crippen LogP contribution is 2.00. The van der Waals surface area contributed by atoms with Crippen molar-refractivity contribution in [3.63, 3.8) is 0 Å². The van der Waals surface area contributed by atoms with Crippen LogP contribution in [0.2, 0.25) is 0 Å². The van der Waals surface area contributed by atoms with E-state index in [9.17, 15) is 0 Å². The van der Waals surface area contributed by atoms with Crippen LogP contribution in [0.15, 0.2) is 5.10 Å². The summed E-state index contributed by atoms with van der Waals surface area (Å²) in [6.07, 6.45) is 0. The number of nitrogens with zero attached hydrogens (tertiary/aromatic N) is 1. The first-order valence-electron chi connectivity index (χ1n) is 1.58. The fourth-order valence-electron chi connectivity index (χ4n) is 0.249. The van der Waals surface area contributed by atoms with E-state index in [4.69, 9.17) is 5.73 Å². The van der Waals surface area contributed by atoms with E-state index < -0.39 is 0 Å². The third kappa shape index (κ3) is 0.567. The Morgan fingerprint density at radius 2 is 2.83 bits per heavy atom. The van der Waals surface area contributed by atoms with E-state index in [0.717, 1.165) is 5.88 Å². The van der Waals surface area contributed by atoms with Gasteiger partial charge in [0.1, 0.15) is 0 Å². The zero-order valence-electron chi connectivity index (χ0n) is 3.14. The number of rotatable bonds is 0. The maximum Gasteiger partial charge on any atom is 0.179 e. The zero-order valence-corrected chi connectivity index (χ0v) is 3.96. The molecule has 0 aromatic carbocycles. The van der Waals surface area contributed by atoms with Crippen LogP contribution in [-0.2, 0) is 0 Å². The minimum atomic E-state index is 0.634. The summed E-state index contributed by atoms with van der Waals surface area (Å²) in [6.45, 7) is 0. The lowest BCUT2D eigenvalue weighted by molar-refractivity contribution is 0.891. The molecule has 34 valence electrons. The summed E-state index contributed by atoms with van der Waals surface area (Å²) in [4.78, 5) is 0. The molecule has 0 unspecified atom stereocenters. The zero-order chi connectivity index (χ0) is 4.41. The summed E-state index contributed by atoms with van der Waals surface area (Å²) >= 11 is 1.51. The number of nitrogens with two attached hydrogens (primary N) is 1. The van der Waals surface area contributed by atoms with Crippen LogP contribution >= 0.6 is 11.8 Å². The number of hydrogen-bond donors (Lipinski definition) is 2. The van der Waals surface area contributed by atoms with Crippen molar-refractivity contribution >= 4 is 16.9 Å². The molecule has 1 aliphatic rings. The Hall–Kier alpha value is -0.380. The number of hydrogen-bond acceptors (Lipinski definition) is 4. The van der Waals surface area contributed by atoms with Crippen molar-refractivity contribution in [2.24, 2.45) is 10.8 Å². The molecule has 1 aliphatic heterocycles. The van der Waals surface area contributed by atoms with Crippen molar-refractivity contribution in [3.05, 3.63) is 0 Å². The molecule has 0 saturated heterocycles. The molecular formula is C2H5N3S. The minimum Gasteiger partial charge on any atom is -0.377 e. The predicted octanol–water partition coefficient (Wildman–Crippen LogP) is -0.490. The van der Waals surface area contributed by atoms with E-state index >= 15 is 0 Å². The summed E-state index contributed by atoms with van der Waals surface area (Å²) < 4.78 is 0. The summed E-state index contributed by atoms with van der Waals surface area (Å²) in [5, 5.41) is 4.28. The molecule has 3 nitrogen and oxygen atoms in total. The molecule has 0 saturated carbocycles. The van der Waals surface area contributed by atoms with Crippen LogP contribution in [0, 0.1) is 0 Å². The Labute approximate surface area is 40.0 Å². The van der Waals surface area contributed by atoms with Crippen LogP contribution in [0.3, 0.4) is 0 Å². The maximum absolute atomic E-state index is 5.19. The standard InChI is InChI=1S/C2H5N3S/c3-2-5-4-1-6-2/h4H,1H2,(H2,3,5). The van der Waals surface area contributed by atoms with Gasteiger partial charge in [-0.3, -0.25) is 5.43 Å². The summed E-state index contributed by atoms with van der Waals surface area (Å²) in [7, 11) is 0. The Morgan fingerprint density at radius 1 is 2.00 bits per heavy atom. The topological polar surface area (TPSA) is 50.4 Å². The Kier molecular flexibility index (Phi) is 0.874. The van der Waals surface area contributed by atoms with Gasteiger partial charge >= 0.3 is 0 Å². The monoisotopic (exact) mass is 103 g/mol. The van der Waals surface area contributed by atoms with E-state index in [0.29, 0.717) is 5.17 Å². The fraction of sp³-hybridized carbons (Fsp3) is 0.500. The van der Waals surface area contributed by atoms with Gasteiger partial charge in [-0.2, -0.15) is 5.10 Å². The first-order chi connectivity index (χ1) is 2.89. The van der Waals surface area contributed by atoms with Crippen LogP contribution in [0.25, 0.3) is 0 Å². The number of hydrazone groups is 1. The van der Waals surface area contributed by atoms with Crippen LogP contribution in [0.4, 0.5) is 0 Å². The van der Waals surface area contributed by atoms with E-state index in [1.807, 2.05) is 0 Å². The predicted molar refractivity (Wildman–Crippen MR) is 27.2 cm³/mol. The van der Waals surface area contributed by atoms with Crippen LogP contribution in [0.1, 0.15) is 0 Å². The average Bonchev–Trinajstić information content (AvgIpc) is 1.86. The SMILES string of the molecule is NC1=NNCS1.